The summed E-state index contributed by atoms with van der Waals surface area (Å²) in [6.07, 6.45) is 2.41. The van der Waals surface area contributed by atoms with Crippen LogP contribution < -0.4 is 15.4 Å². The number of anilines is 2. The molecule has 2 atom stereocenters. The van der Waals surface area contributed by atoms with E-state index >= 15 is 0 Å². The van der Waals surface area contributed by atoms with Crippen LogP contribution in [0.5, 0.6) is 5.75 Å². The third-order valence-electron chi connectivity index (χ3n) is 4.72. The number of hydrogen-bond donors (Lipinski definition) is 4. The lowest BCUT2D eigenvalue weighted by Gasteiger charge is -2.16. The number of methoxy groups -OCH3 is 1. The Bertz CT molecular complexity index is 936. The number of para-hydroxylation sites is 1. The molecule has 0 saturated carbocycles. The summed E-state index contributed by atoms with van der Waals surface area (Å²) in [7, 11) is 1.68. The van der Waals surface area contributed by atoms with Gasteiger partial charge in [-0.05, 0) is 23.8 Å². The van der Waals surface area contributed by atoms with Crippen LogP contribution >= 0.6 is 0 Å². The summed E-state index contributed by atoms with van der Waals surface area (Å²) in [6, 6.07) is 13.6. The van der Waals surface area contributed by atoms with Crippen LogP contribution in [0.15, 0.2) is 55.0 Å². The first-order valence-corrected chi connectivity index (χ1v) is 9.78. The molecular formula is C22H27N5O3. The van der Waals surface area contributed by atoms with E-state index in [0.717, 1.165) is 28.4 Å². The summed E-state index contributed by atoms with van der Waals surface area (Å²) in [5.74, 6) is 2.46. The monoisotopic (exact) mass is 409 g/mol. The molecule has 158 valence electrons. The lowest BCUT2D eigenvalue weighted by atomic mass is 10.00. The summed E-state index contributed by atoms with van der Waals surface area (Å²) in [6.45, 7) is 2.77. The predicted octanol–water partition coefficient (Wildman–Crippen LogP) is 2.53. The molecule has 0 fully saturated rings. The van der Waals surface area contributed by atoms with Gasteiger partial charge in [0.1, 0.15) is 23.7 Å². The molecule has 1 aromatic carbocycles. The molecule has 0 aliphatic heterocycles. The number of rotatable bonds is 10. The van der Waals surface area contributed by atoms with E-state index in [2.05, 4.69) is 38.6 Å². The topological polar surface area (TPSA) is 112 Å². The summed E-state index contributed by atoms with van der Waals surface area (Å²) in [5, 5.41) is 24.6. The Morgan fingerprint density at radius 2 is 1.80 bits per heavy atom. The molecule has 4 N–H and O–H groups in total. The van der Waals surface area contributed by atoms with Crippen LogP contribution in [0.3, 0.4) is 0 Å². The van der Waals surface area contributed by atoms with Gasteiger partial charge in [0.15, 0.2) is 0 Å². The van der Waals surface area contributed by atoms with Crippen LogP contribution in [0.4, 0.5) is 11.6 Å². The maximum absolute atomic E-state index is 9.40. The Morgan fingerprint density at radius 3 is 2.53 bits per heavy atom. The number of benzene rings is 1. The van der Waals surface area contributed by atoms with Crippen molar-refractivity contribution >= 4 is 11.6 Å². The van der Waals surface area contributed by atoms with Crippen molar-refractivity contribution in [1.29, 1.82) is 0 Å². The van der Waals surface area contributed by atoms with Crippen molar-refractivity contribution in [2.75, 3.05) is 37.4 Å². The second kappa shape index (κ2) is 10.5. The highest BCUT2D eigenvalue weighted by Gasteiger charge is 2.11. The van der Waals surface area contributed by atoms with Gasteiger partial charge in [-0.3, -0.25) is 0 Å². The molecule has 0 amide bonds. The molecule has 2 heterocycles. The Morgan fingerprint density at radius 1 is 1.00 bits per heavy atom. The van der Waals surface area contributed by atoms with Crippen molar-refractivity contribution in [3.8, 4) is 17.0 Å². The average Bonchev–Trinajstić information content (AvgIpc) is 2.81. The van der Waals surface area contributed by atoms with Crippen LogP contribution in [0, 0.1) is 0 Å². The largest absolute Gasteiger partial charge is 0.496 e. The highest BCUT2D eigenvalue weighted by atomic mass is 16.5. The number of aliphatic hydroxyl groups is 2. The van der Waals surface area contributed by atoms with Crippen LogP contribution in [-0.4, -0.2) is 58.1 Å². The predicted molar refractivity (Wildman–Crippen MR) is 117 cm³/mol. The fourth-order valence-electron chi connectivity index (χ4n) is 2.99. The average molecular weight is 409 g/mol. The number of aromatic nitrogens is 3. The van der Waals surface area contributed by atoms with Crippen LogP contribution in [0.1, 0.15) is 18.4 Å². The maximum atomic E-state index is 9.40. The molecule has 2 aromatic heterocycles. The fourth-order valence-corrected chi connectivity index (χ4v) is 2.99. The summed E-state index contributed by atoms with van der Waals surface area (Å²) in [5.41, 5.74) is 2.75. The van der Waals surface area contributed by atoms with Crippen molar-refractivity contribution < 1.29 is 14.9 Å². The smallest absolute Gasteiger partial charge is 0.129 e. The quantitative estimate of drug-likeness (QED) is 0.404. The highest BCUT2D eigenvalue weighted by molar-refractivity contribution is 5.62. The Kier molecular flexibility index (Phi) is 7.53. The third kappa shape index (κ3) is 5.65. The molecule has 30 heavy (non-hydrogen) atoms. The first-order valence-electron chi connectivity index (χ1n) is 9.78. The Balaban J connectivity index is 1.63. The minimum Gasteiger partial charge on any atom is -0.496 e. The zero-order chi connectivity index (χ0) is 21.3. The zero-order valence-corrected chi connectivity index (χ0v) is 17.1. The number of hydrogen-bond acceptors (Lipinski definition) is 8. The van der Waals surface area contributed by atoms with E-state index in [4.69, 9.17) is 9.84 Å². The molecule has 3 aromatic rings. The molecule has 8 nitrogen and oxygen atoms in total. The Labute approximate surface area is 176 Å². The van der Waals surface area contributed by atoms with E-state index in [1.807, 2.05) is 30.3 Å². The summed E-state index contributed by atoms with van der Waals surface area (Å²) < 4.78 is 5.45. The van der Waals surface area contributed by atoms with E-state index < -0.39 is 6.10 Å². The lowest BCUT2D eigenvalue weighted by Crippen LogP contribution is -2.23. The van der Waals surface area contributed by atoms with Crippen molar-refractivity contribution in [3.05, 3.63) is 60.6 Å². The van der Waals surface area contributed by atoms with E-state index in [-0.39, 0.29) is 19.1 Å². The molecule has 0 radical (unpaired) electrons. The summed E-state index contributed by atoms with van der Waals surface area (Å²) >= 11 is 0. The molecule has 0 unspecified atom stereocenters. The van der Waals surface area contributed by atoms with Gasteiger partial charge in [0.2, 0.25) is 0 Å². The van der Waals surface area contributed by atoms with Crippen molar-refractivity contribution in [3.63, 3.8) is 0 Å². The van der Waals surface area contributed by atoms with Gasteiger partial charge in [-0.1, -0.05) is 25.1 Å². The van der Waals surface area contributed by atoms with Gasteiger partial charge in [-0.2, -0.15) is 0 Å². The number of nitrogens with one attached hydrogen (secondary N) is 2. The van der Waals surface area contributed by atoms with Crippen molar-refractivity contribution in [2.45, 2.75) is 18.9 Å². The van der Waals surface area contributed by atoms with Gasteiger partial charge >= 0.3 is 0 Å². The van der Waals surface area contributed by atoms with E-state index in [1.54, 1.807) is 19.4 Å². The first kappa shape index (κ1) is 21.5. The van der Waals surface area contributed by atoms with Crippen LogP contribution in [0.2, 0.25) is 0 Å². The zero-order valence-electron chi connectivity index (χ0n) is 17.1. The minimum atomic E-state index is -0.819. The van der Waals surface area contributed by atoms with Crippen molar-refractivity contribution in [1.82, 2.24) is 15.0 Å². The number of nitrogens with zero attached hydrogens (tertiary/aromatic N) is 3. The number of aliphatic hydroxyl groups excluding tert-OH is 2. The van der Waals surface area contributed by atoms with Gasteiger partial charge in [-0.15, -0.1) is 0 Å². The lowest BCUT2D eigenvalue weighted by molar-refractivity contribution is 0.105. The second-order valence-electron chi connectivity index (χ2n) is 6.96. The molecule has 0 saturated heterocycles. The molecule has 0 bridgehead atoms. The Hall–Kier alpha value is -3.23. The molecule has 0 aliphatic rings. The minimum absolute atomic E-state index is 0.231. The molecule has 0 spiro atoms. The van der Waals surface area contributed by atoms with Crippen molar-refractivity contribution in [2.24, 2.45) is 0 Å². The number of pyridine rings is 1. The van der Waals surface area contributed by atoms with Crippen LogP contribution in [-0.2, 0) is 0 Å². The first-order chi connectivity index (χ1) is 14.6. The van der Waals surface area contributed by atoms with E-state index in [9.17, 15) is 5.11 Å². The fraction of sp³-hybridized carbons (Fsp3) is 0.318. The van der Waals surface area contributed by atoms with Gasteiger partial charge in [0, 0.05) is 36.8 Å². The van der Waals surface area contributed by atoms with Crippen LogP contribution in [0.25, 0.3) is 11.3 Å². The maximum Gasteiger partial charge on any atom is 0.129 e. The SMILES string of the molecule is COc1ccccc1[C@H](C)CNc1cc(-c2ccc(NC[C@H](O)CO)nc2)ncn1. The molecule has 3 rings (SSSR count). The van der Waals surface area contributed by atoms with Gasteiger partial charge in [0.25, 0.3) is 0 Å². The number of ether oxygens (including phenoxy) is 1. The standard InChI is InChI=1S/C22H27N5O3/c1-15(18-5-3-4-6-20(18)30-2)10-23-22-9-19(26-14-27-22)16-7-8-21(24-11-16)25-12-17(29)13-28/h3-9,11,14-15,17,28-29H,10,12-13H2,1-2H3,(H,24,25)(H,23,26,27)/t15-,17+/m1/s1. The normalized spacial score (nSPS) is 12.8. The third-order valence-corrected chi connectivity index (χ3v) is 4.72. The van der Waals surface area contributed by atoms with Gasteiger partial charge in [-0.25, -0.2) is 15.0 Å². The second-order valence-corrected chi connectivity index (χ2v) is 6.96. The van der Waals surface area contributed by atoms with Gasteiger partial charge in [0.05, 0.1) is 25.5 Å². The van der Waals surface area contributed by atoms with E-state index in [1.165, 1.54) is 6.33 Å². The molecule has 0 aliphatic carbocycles. The molecule has 8 heteroatoms. The highest BCUT2D eigenvalue weighted by Crippen LogP contribution is 2.26. The summed E-state index contributed by atoms with van der Waals surface area (Å²) in [4.78, 5) is 13.0. The molecular weight excluding hydrogens is 382 g/mol. The van der Waals surface area contributed by atoms with Gasteiger partial charge < -0.3 is 25.6 Å². The van der Waals surface area contributed by atoms with E-state index in [0.29, 0.717) is 12.4 Å².